The van der Waals surface area contributed by atoms with Crippen LogP contribution in [0.1, 0.15) is 25.3 Å². The number of nitrogens with zero attached hydrogens (tertiary/aromatic N) is 2. The molecule has 0 bridgehead atoms. The van der Waals surface area contributed by atoms with Gasteiger partial charge in [0.05, 0.1) is 0 Å². The highest BCUT2D eigenvalue weighted by molar-refractivity contribution is 5.79. The molecule has 1 aromatic carbocycles. The van der Waals surface area contributed by atoms with E-state index < -0.39 is 6.36 Å². The molecule has 0 radical (unpaired) electrons. The molecule has 0 aliphatic carbocycles. The first kappa shape index (κ1) is 20.4. The summed E-state index contributed by atoms with van der Waals surface area (Å²) in [6.07, 6.45) is -2.17. The van der Waals surface area contributed by atoms with Gasteiger partial charge in [-0.2, -0.15) is 0 Å². The van der Waals surface area contributed by atoms with Gasteiger partial charge in [0, 0.05) is 32.2 Å². The lowest BCUT2D eigenvalue weighted by Gasteiger charge is -2.21. The number of rotatable bonds is 7. The van der Waals surface area contributed by atoms with Crippen molar-refractivity contribution in [1.29, 1.82) is 0 Å². The molecule has 0 amide bonds. The van der Waals surface area contributed by atoms with E-state index in [-0.39, 0.29) is 12.3 Å². The van der Waals surface area contributed by atoms with Crippen molar-refractivity contribution in [2.45, 2.75) is 32.7 Å². The molecule has 2 N–H and O–H groups in total. The van der Waals surface area contributed by atoms with Gasteiger partial charge in [0.15, 0.2) is 5.96 Å². The van der Waals surface area contributed by atoms with Crippen LogP contribution in [-0.2, 0) is 6.54 Å². The zero-order valence-corrected chi connectivity index (χ0v) is 15.3. The van der Waals surface area contributed by atoms with E-state index in [1.54, 1.807) is 19.2 Å². The summed E-state index contributed by atoms with van der Waals surface area (Å²) in [5.41, 5.74) is 0.415. The average molecular weight is 372 g/mol. The number of nitrogens with one attached hydrogen (secondary N) is 2. The van der Waals surface area contributed by atoms with Gasteiger partial charge in [-0.25, -0.2) is 0 Å². The molecular formula is C18H27F3N4O. The molecule has 0 saturated carbocycles. The van der Waals surface area contributed by atoms with E-state index in [0.29, 0.717) is 17.4 Å². The van der Waals surface area contributed by atoms with Gasteiger partial charge in [0.1, 0.15) is 5.75 Å². The second kappa shape index (κ2) is 9.66. The third-order valence-electron chi connectivity index (χ3n) is 4.25. The molecule has 2 rings (SSSR count). The first-order valence-corrected chi connectivity index (χ1v) is 8.88. The zero-order chi connectivity index (χ0) is 19.0. The fourth-order valence-corrected chi connectivity index (χ4v) is 3.02. The number of halogens is 3. The molecule has 0 aromatic heterocycles. The van der Waals surface area contributed by atoms with E-state index >= 15 is 0 Å². The average Bonchev–Trinajstić information content (AvgIpc) is 3.08. The van der Waals surface area contributed by atoms with Crippen LogP contribution in [0.4, 0.5) is 13.2 Å². The minimum Gasteiger partial charge on any atom is -0.405 e. The highest BCUT2D eigenvalue weighted by Gasteiger charge is 2.31. The van der Waals surface area contributed by atoms with Crippen molar-refractivity contribution in [2.75, 3.05) is 33.2 Å². The smallest absolute Gasteiger partial charge is 0.405 e. The van der Waals surface area contributed by atoms with Crippen molar-refractivity contribution in [1.82, 2.24) is 15.5 Å². The van der Waals surface area contributed by atoms with Crippen LogP contribution in [0.5, 0.6) is 5.75 Å². The molecule has 0 spiro atoms. The van der Waals surface area contributed by atoms with Crippen LogP contribution >= 0.6 is 0 Å². The third-order valence-corrected chi connectivity index (χ3v) is 4.25. The lowest BCUT2D eigenvalue weighted by atomic mass is 10.1. The summed E-state index contributed by atoms with van der Waals surface area (Å²) in [5.74, 6) is 0.804. The predicted molar refractivity (Wildman–Crippen MR) is 96.2 cm³/mol. The number of likely N-dealkylation sites (tertiary alicyclic amines) is 1. The topological polar surface area (TPSA) is 48.9 Å². The van der Waals surface area contributed by atoms with Gasteiger partial charge in [-0.05, 0) is 37.9 Å². The third kappa shape index (κ3) is 7.11. The van der Waals surface area contributed by atoms with E-state index in [9.17, 15) is 13.2 Å². The molecule has 1 heterocycles. The minimum atomic E-state index is -4.71. The molecule has 146 valence electrons. The summed E-state index contributed by atoms with van der Waals surface area (Å²) in [4.78, 5) is 6.58. The van der Waals surface area contributed by atoms with Gasteiger partial charge < -0.3 is 20.3 Å². The van der Waals surface area contributed by atoms with Crippen molar-refractivity contribution < 1.29 is 17.9 Å². The van der Waals surface area contributed by atoms with E-state index in [4.69, 9.17) is 0 Å². The molecule has 1 saturated heterocycles. The molecular weight excluding hydrogens is 345 g/mol. The summed E-state index contributed by atoms with van der Waals surface area (Å²) < 4.78 is 41.5. The van der Waals surface area contributed by atoms with Crippen LogP contribution < -0.4 is 15.4 Å². The highest BCUT2D eigenvalue weighted by Crippen LogP contribution is 2.26. The predicted octanol–water partition coefficient (Wildman–Crippen LogP) is 2.98. The Morgan fingerprint density at radius 3 is 2.58 bits per heavy atom. The fourth-order valence-electron chi connectivity index (χ4n) is 3.02. The van der Waals surface area contributed by atoms with Crippen LogP contribution in [0.2, 0.25) is 0 Å². The molecule has 1 unspecified atom stereocenters. The molecule has 1 atom stereocenters. The number of para-hydroxylation sites is 1. The Balaban J connectivity index is 1.81. The van der Waals surface area contributed by atoms with E-state index in [1.165, 1.54) is 25.0 Å². The largest absolute Gasteiger partial charge is 0.573 e. The van der Waals surface area contributed by atoms with Crippen molar-refractivity contribution >= 4 is 5.96 Å². The monoisotopic (exact) mass is 372 g/mol. The van der Waals surface area contributed by atoms with Crippen molar-refractivity contribution in [2.24, 2.45) is 10.9 Å². The first-order valence-electron chi connectivity index (χ1n) is 8.88. The Morgan fingerprint density at radius 2 is 1.92 bits per heavy atom. The van der Waals surface area contributed by atoms with E-state index in [2.05, 4.69) is 32.2 Å². The Hall–Kier alpha value is -1.96. The quantitative estimate of drug-likeness (QED) is 0.571. The fraction of sp³-hybridized carbons (Fsp3) is 0.611. The normalized spacial score (nSPS) is 17.2. The van der Waals surface area contributed by atoms with Gasteiger partial charge in [0.25, 0.3) is 0 Å². The van der Waals surface area contributed by atoms with Crippen molar-refractivity contribution in [3.05, 3.63) is 29.8 Å². The van der Waals surface area contributed by atoms with Gasteiger partial charge in [0.2, 0.25) is 0 Å². The molecule has 8 heteroatoms. The Kier molecular flexibility index (Phi) is 7.56. The number of alkyl halides is 3. The van der Waals surface area contributed by atoms with Gasteiger partial charge in [-0.15, -0.1) is 13.2 Å². The summed E-state index contributed by atoms with van der Waals surface area (Å²) in [6, 6.07) is 6.09. The number of benzene rings is 1. The van der Waals surface area contributed by atoms with Crippen LogP contribution in [0, 0.1) is 5.92 Å². The van der Waals surface area contributed by atoms with Crippen LogP contribution in [0.15, 0.2) is 29.3 Å². The van der Waals surface area contributed by atoms with Gasteiger partial charge in [-0.1, -0.05) is 25.1 Å². The van der Waals surface area contributed by atoms with Crippen LogP contribution in [-0.4, -0.2) is 50.4 Å². The standard InChI is InChI=1S/C18H27F3N4O/c1-14(13-25-9-5-6-10-25)11-23-17(22-2)24-12-15-7-3-4-8-16(15)26-18(19,20)21/h3-4,7-8,14H,5-6,9-13H2,1-2H3,(H2,22,23,24). The Bertz CT molecular complexity index is 586. The second-order valence-electron chi connectivity index (χ2n) is 6.58. The molecule has 5 nitrogen and oxygen atoms in total. The van der Waals surface area contributed by atoms with Crippen molar-refractivity contribution in [3.63, 3.8) is 0 Å². The zero-order valence-electron chi connectivity index (χ0n) is 15.3. The number of ether oxygens (including phenoxy) is 1. The maximum absolute atomic E-state index is 12.5. The summed E-state index contributed by atoms with van der Waals surface area (Å²) in [5, 5.41) is 6.27. The van der Waals surface area contributed by atoms with Crippen LogP contribution in [0.25, 0.3) is 0 Å². The summed E-state index contributed by atoms with van der Waals surface area (Å²) in [7, 11) is 1.64. The Morgan fingerprint density at radius 1 is 1.23 bits per heavy atom. The molecule has 1 aliphatic heterocycles. The van der Waals surface area contributed by atoms with Gasteiger partial charge in [-0.3, -0.25) is 4.99 Å². The molecule has 1 aromatic rings. The molecule has 1 fully saturated rings. The number of hydrogen-bond donors (Lipinski definition) is 2. The van der Waals surface area contributed by atoms with Crippen LogP contribution in [0.3, 0.4) is 0 Å². The molecule has 26 heavy (non-hydrogen) atoms. The van der Waals surface area contributed by atoms with Crippen molar-refractivity contribution in [3.8, 4) is 5.75 Å². The maximum Gasteiger partial charge on any atom is 0.573 e. The lowest BCUT2D eigenvalue weighted by molar-refractivity contribution is -0.274. The SMILES string of the molecule is CN=C(NCc1ccccc1OC(F)(F)F)NCC(C)CN1CCCC1. The minimum absolute atomic E-state index is 0.187. The number of hydrogen-bond acceptors (Lipinski definition) is 3. The highest BCUT2D eigenvalue weighted by atomic mass is 19.4. The summed E-state index contributed by atoms with van der Waals surface area (Å²) in [6.45, 7) is 6.46. The second-order valence-corrected chi connectivity index (χ2v) is 6.58. The molecule has 1 aliphatic rings. The lowest BCUT2D eigenvalue weighted by Crippen LogP contribution is -2.41. The Labute approximate surface area is 152 Å². The van der Waals surface area contributed by atoms with E-state index in [0.717, 1.165) is 26.2 Å². The summed E-state index contributed by atoms with van der Waals surface area (Å²) >= 11 is 0. The maximum atomic E-state index is 12.5. The van der Waals surface area contributed by atoms with Gasteiger partial charge >= 0.3 is 6.36 Å². The number of aliphatic imine (C=N–C) groups is 1. The van der Waals surface area contributed by atoms with E-state index in [1.807, 2.05) is 0 Å². The number of guanidine groups is 1. The first-order chi connectivity index (χ1) is 12.4.